The third kappa shape index (κ3) is 2.67. The van der Waals surface area contributed by atoms with Crippen LogP contribution in [0.4, 0.5) is 5.69 Å². The minimum atomic E-state index is -0.414. The molecule has 2 N–H and O–H groups in total. The van der Waals surface area contributed by atoms with Gasteiger partial charge in [0.05, 0.1) is 0 Å². The maximum absolute atomic E-state index is 12.0. The molecule has 2 amide bonds. The molecule has 0 aromatic heterocycles. The lowest BCUT2D eigenvalue weighted by Crippen LogP contribution is -2.37. The van der Waals surface area contributed by atoms with Crippen LogP contribution in [0.25, 0.3) is 10.8 Å². The van der Waals surface area contributed by atoms with Gasteiger partial charge in [0.15, 0.2) is 0 Å². The SMILES string of the molecule is O=C1CC[C@H](C(=O)Nc2ccc3cc(Br)ccc3c2)N1. The van der Waals surface area contributed by atoms with Crippen molar-refractivity contribution in [2.75, 3.05) is 5.32 Å². The van der Waals surface area contributed by atoms with Crippen LogP contribution >= 0.6 is 15.9 Å². The molecule has 0 unspecified atom stereocenters. The molecule has 2 aromatic rings. The Balaban J connectivity index is 1.79. The van der Waals surface area contributed by atoms with Crippen molar-refractivity contribution in [2.45, 2.75) is 18.9 Å². The molecule has 0 saturated carbocycles. The van der Waals surface area contributed by atoms with E-state index < -0.39 is 6.04 Å². The average molecular weight is 333 g/mol. The summed E-state index contributed by atoms with van der Waals surface area (Å²) in [5, 5.41) is 7.67. The van der Waals surface area contributed by atoms with Crippen LogP contribution in [0.3, 0.4) is 0 Å². The van der Waals surface area contributed by atoms with Crippen LogP contribution in [-0.2, 0) is 9.59 Å². The molecule has 102 valence electrons. The highest BCUT2D eigenvalue weighted by atomic mass is 79.9. The summed E-state index contributed by atoms with van der Waals surface area (Å²) in [7, 11) is 0. The summed E-state index contributed by atoms with van der Waals surface area (Å²) >= 11 is 3.43. The fraction of sp³-hybridized carbons (Fsp3) is 0.200. The van der Waals surface area contributed by atoms with E-state index in [1.165, 1.54) is 0 Å². The van der Waals surface area contributed by atoms with Gasteiger partial charge < -0.3 is 10.6 Å². The predicted molar refractivity (Wildman–Crippen MR) is 81.4 cm³/mol. The van der Waals surface area contributed by atoms with Gasteiger partial charge in [0, 0.05) is 16.6 Å². The molecule has 0 radical (unpaired) electrons. The summed E-state index contributed by atoms with van der Waals surface area (Å²) in [6.45, 7) is 0. The summed E-state index contributed by atoms with van der Waals surface area (Å²) in [6.07, 6.45) is 0.981. The van der Waals surface area contributed by atoms with Crippen molar-refractivity contribution in [3.05, 3.63) is 40.9 Å². The molecule has 20 heavy (non-hydrogen) atoms. The van der Waals surface area contributed by atoms with Gasteiger partial charge in [-0.2, -0.15) is 0 Å². The topological polar surface area (TPSA) is 58.2 Å². The van der Waals surface area contributed by atoms with Gasteiger partial charge >= 0.3 is 0 Å². The number of nitrogens with one attached hydrogen (secondary N) is 2. The first-order chi connectivity index (χ1) is 9.61. The molecule has 0 bridgehead atoms. The summed E-state index contributed by atoms with van der Waals surface area (Å²) < 4.78 is 1.02. The standard InChI is InChI=1S/C15H13BrN2O2/c16-11-3-1-10-8-12(4-2-9(10)7-11)17-15(20)13-5-6-14(19)18-13/h1-4,7-8,13H,5-6H2,(H,17,20)(H,18,19)/t13-/m1/s1. The molecule has 3 rings (SSSR count). The van der Waals surface area contributed by atoms with Crippen molar-refractivity contribution in [1.82, 2.24) is 5.32 Å². The molecule has 1 aliphatic heterocycles. The highest BCUT2D eigenvalue weighted by Crippen LogP contribution is 2.23. The summed E-state index contributed by atoms with van der Waals surface area (Å²) in [4.78, 5) is 23.1. The summed E-state index contributed by atoms with van der Waals surface area (Å²) in [6, 6.07) is 11.3. The number of carbonyl (C=O) groups is 2. The molecular weight excluding hydrogens is 320 g/mol. The number of halogens is 1. The van der Waals surface area contributed by atoms with Crippen LogP contribution in [0.2, 0.25) is 0 Å². The zero-order valence-electron chi connectivity index (χ0n) is 10.7. The fourth-order valence-corrected chi connectivity index (χ4v) is 2.71. The number of hydrogen-bond acceptors (Lipinski definition) is 2. The Kier molecular flexibility index (Phi) is 3.44. The number of rotatable bonds is 2. The van der Waals surface area contributed by atoms with Crippen molar-refractivity contribution < 1.29 is 9.59 Å². The lowest BCUT2D eigenvalue weighted by molar-refractivity contribution is -0.122. The van der Waals surface area contributed by atoms with E-state index in [0.29, 0.717) is 12.8 Å². The Morgan fingerprint density at radius 2 is 1.95 bits per heavy atom. The van der Waals surface area contributed by atoms with E-state index in [1.54, 1.807) is 0 Å². The zero-order valence-corrected chi connectivity index (χ0v) is 12.2. The van der Waals surface area contributed by atoms with Crippen molar-refractivity contribution in [3.8, 4) is 0 Å². The fourth-order valence-electron chi connectivity index (χ4n) is 2.33. The van der Waals surface area contributed by atoms with Crippen LogP contribution in [0, 0.1) is 0 Å². The number of hydrogen-bond donors (Lipinski definition) is 2. The van der Waals surface area contributed by atoms with Crippen molar-refractivity contribution in [2.24, 2.45) is 0 Å². The van der Waals surface area contributed by atoms with Gasteiger partial charge in [-0.05, 0) is 41.5 Å². The molecule has 1 atom stereocenters. The second kappa shape index (κ2) is 5.25. The highest BCUT2D eigenvalue weighted by molar-refractivity contribution is 9.10. The Hall–Kier alpha value is -1.88. The van der Waals surface area contributed by atoms with Gasteiger partial charge in [0.25, 0.3) is 0 Å². The first kappa shape index (κ1) is 13.1. The van der Waals surface area contributed by atoms with E-state index in [0.717, 1.165) is 20.9 Å². The first-order valence-electron chi connectivity index (χ1n) is 6.41. The third-order valence-electron chi connectivity index (χ3n) is 3.38. The van der Waals surface area contributed by atoms with Gasteiger partial charge in [-0.15, -0.1) is 0 Å². The quantitative estimate of drug-likeness (QED) is 0.888. The van der Waals surface area contributed by atoms with Crippen LogP contribution in [0.5, 0.6) is 0 Å². The Labute approximate surface area is 124 Å². The van der Waals surface area contributed by atoms with Crippen LogP contribution < -0.4 is 10.6 Å². The minimum absolute atomic E-state index is 0.0616. The number of amides is 2. The molecule has 1 aliphatic rings. The van der Waals surface area contributed by atoms with Crippen molar-refractivity contribution in [3.63, 3.8) is 0 Å². The summed E-state index contributed by atoms with van der Waals surface area (Å²) in [5.74, 6) is -0.221. The first-order valence-corrected chi connectivity index (χ1v) is 7.21. The number of carbonyl (C=O) groups excluding carboxylic acids is 2. The van der Waals surface area contributed by atoms with E-state index in [-0.39, 0.29) is 11.8 Å². The van der Waals surface area contributed by atoms with Gasteiger partial charge in [0.1, 0.15) is 6.04 Å². The van der Waals surface area contributed by atoms with Gasteiger partial charge in [-0.1, -0.05) is 28.1 Å². The minimum Gasteiger partial charge on any atom is -0.344 e. The lowest BCUT2D eigenvalue weighted by Gasteiger charge is -2.11. The Bertz CT molecular complexity index is 699. The van der Waals surface area contributed by atoms with E-state index in [4.69, 9.17) is 0 Å². The Morgan fingerprint density at radius 3 is 2.70 bits per heavy atom. The van der Waals surface area contributed by atoms with E-state index >= 15 is 0 Å². The smallest absolute Gasteiger partial charge is 0.246 e. The van der Waals surface area contributed by atoms with E-state index in [1.807, 2.05) is 36.4 Å². The molecule has 1 saturated heterocycles. The average Bonchev–Trinajstić information content (AvgIpc) is 2.86. The molecule has 2 aromatic carbocycles. The number of fused-ring (bicyclic) bond motifs is 1. The predicted octanol–water partition coefficient (Wildman–Crippen LogP) is 2.82. The maximum atomic E-state index is 12.0. The van der Waals surface area contributed by atoms with Crippen molar-refractivity contribution >= 4 is 44.2 Å². The van der Waals surface area contributed by atoms with Gasteiger partial charge in [0.2, 0.25) is 11.8 Å². The molecule has 0 spiro atoms. The Morgan fingerprint density at radius 1 is 1.20 bits per heavy atom. The zero-order chi connectivity index (χ0) is 14.1. The van der Waals surface area contributed by atoms with Crippen LogP contribution in [0.1, 0.15) is 12.8 Å². The number of benzene rings is 2. The number of anilines is 1. The molecular formula is C15H13BrN2O2. The van der Waals surface area contributed by atoms with E-state index in [2.05, 4.69) is 26.6 Å². The molecule has 1 heterocycles. The highest BCUT2D eigenvalue weighted by Gasteiger charge is 2.27. The van der Waals surface area contributed by atoms with E-state index in [9.17, 15) is 9.59 Å². The normalized spacial score (nSPS) is 18.1. The molecule has 5 heteroatoms. The van der Waals surface area contributed by atoms with Gasteiger partial charge in [-0.25, -0.2) is 0 Å². The largest absolute Gasteiger partial charge is 0.344 e. The second-order valence-corrected chi connectivity index (χ2v) is 5.77. The molecule has 4 nitrogen and oxygen atoms in total. The van der Waals surface area contributed by atoms with Crippen LogP contribution in [-0.4, -0.2) is 17.9 Å². The monoisotopic (exact) mass is 332 g/mol. The molecule has 1 fully saturated rings. The second-order valence-electron chi connectivity index (χ2n) is 4.85. The maximum Gasteiger partial charge on any atom is 0.246 e. The summed E-state index contributed by atoms with van der Waals surface area (Å²) in [5.41, 5.74) is 0.742. The van der Waals surface area contributed by atoms with Crippen molar-refractivity contribution in [1.29, 1.82) is 0 Å². The third-order valence-corrected chi connectivity index (χ3v) is 3.87. The molecule has 0 aliphatic carbocycles. The van der Waals surface area contributed by atoms with Crippen LogP contribution in [0.15, 0.2) is 40.9 Å². The lowest BCUT2D eigenvalue weighted by atomic mass is 10.1. The van der Waals surface area contributed by atoms with Gasteiger partial charge in [-0.3, -0.25) is 9.59 Å².